The van der Waals surface area contributed by atoms with Gasteiger partial charge < -0.3 is 20.1 Å². The molecule has 0 heterocycles. The minimum absolute atomic E-state index is 0.00898. The van der Waals surface area contributed by atoms with Crippen molar-refractivity contribution in [1.29, 1.82) is 0 Å². The SMILES string of the molecule is COC(=O)c1cc(NC(=S)NC(=O)C(c2ccccc2)c2ccccc2)cc(C(=O)OC)c1. The van der Waals surface area contributed by atoms with Crippen molar-refractivity contribution in [3.05, 3.63) is 101 Å². The van der Waals surface area contributed by atoms with Gasteiger partial charge in [-0.2, -0.15) is 0 Å². The van der Waals surface area contributed by atoms with Gasteiger partial charge in [0, 0.05) is 5.69 Å². The number of methoxy groups -OCH3 is 2. The third-order valence-electron chi connectivity index (χ3n) is 4.80. The van der Waals surface area contributed by atoms with E-state index < -0.39 is 17.9 Å². The highest BCUT2D eigenvalue weighted by Gasteiger charge is 2.23. The highest BCUT2D eigenvalue weighted by atomic mass is 32.1. The summed E-state index contributed by atoms with van der Waals surface area (Å²) in [7, 11) is 2.47. The van der Waals surface area contributed by atoms with Gasteiger partial charge in [-0.15, -0.1) is 0 Å². The topological polar surface area (TPSA) is 93.7 Å². The van der Waals surface area contributed by atoms with Gasteiger partial charge in [0.2, 0.25) is 5.91 Å². The van der Waals surface area contributed by atoms with Gasteiger partial charge in [-0.05, 0) is 41.5 Å². The van der Waals surface area contributed by atoms with Gasteiger partial charge >= 0.3 is 11.9 Å². The molecule has 0 saturated heterocycles. The monoisotopic (exact) mass is 462 g/mol. The van der Waals surface area contributed by atoms with Crippen LogP contribution in [0.4, 0.5) is 5.69 Å². The molecule has 3 aromatic rings. The maximum atomic E-state index is 13.2. The summed E-state index contributed by atoms with van der Waals surface area (Å²) in [6.45, 7) is 0. The molecule has 7 nitrogen and oxygen atoms in total. The number of thiocarbonyl (C=S) groups is 1. The number of carbonyl (C=O) groups excluding carboxylic acids is 3. The summed E-state index contributed by atoms with van der Waals surface area (Å²) in [6.07, 6.45) is 0. The number of nitrogens with one attached hydrogen (secondary N) is 2. The number of carbonyl (C=O) groups is 3. The molecule has 0 aromatic heterocycles. The van der Waals surface area contributed by atoms with Crippen LogP contribution in [0.5, 0.6) is 0 Å². The second-order valence-electron chi connectivity index (χ2n) is 6.98. The van der Waals surface area contributed by atoms with Crippen LogP contribution in [-0.4, -0.2) is 37.2 Å². The Hall–Kier alpha value is -4.04. The first kappa shape index (κ1) is 23.6. The molecule has 0 atom stereocenters. The number of hydrogen-bond donors (Lipinski definition) is 2. The molecule has 2 N–H and O–H groups in total. The number of hydrogen-bond acceptors (Lipinski definition) is 6. The Labute approximate surface area is 196 Å². The molecule has 0 aliphatic carbocycles. The number of benzene rings is 3. The molecule has 0 radical (unpaired) electrons. The highest BCUT2D eigenvalue weighted by Crippen LogP contribution is 2.25. The van der Waals surface area contributed by atoms with E-state index in [-0.39, 0.29) is 22.1 Å². The lowest BCUT2D eigenvalue weighted by Crippen LogP contribution is -2.38. The molecule has 0 unspecified atom stereocenters. The van der Waals surface area contributed by atoms with Gasteiger partial charge in [0.05, 0.1) is 31.3 Å². The molecule has 168 valence electrons. The van der Waals surface area contributed by atoms with Crippen LogP contribution in [0.3, 0.4) is 0 Å². The fraction of sp³-hybridized carbons (Fsp3) is 0.120. The van der Waals surface area contributed by atoms with Crippen LogP contribution < -0.4 is 10.6 Å². The highest BCUT2D eigenvalue weighted by molar-refractivity contribution is 7.80. The van der Waals surface area contributed by atoms with Crippen LogP contribution in [0, 0.1) is 0 Å². The maximum absolute atomic E-state index is 13.2. The van der Waals surface area contributed by atoms with Gasteiger partial charge in [0.15, 0.2) is 5.11 Å². The second kappa shape index (κ2) is 11.0. The fourth-order valence-corrected chi connectivity index (χ4v) is 3.52. The van der Waals surface area contributed by atoms with Crippen LogP contribution in [0.25, 0.3) is 0 Å². The first-order valence-corrected chi connectivity index (χ1v) is 10.4. The molecule has 1 amide bonds. The molecule has 0 aliphatic heterocycles. The van der Waals surface area contributed by atoms with E-state index in [1.807, 2.05) is 60.7 Å². The predicted molar refractivity (Wildman–Crippen MR) is 128 cm³/mol. The summed E-state index contributed by atoms with van der Waals surface area (Å²) in [5.74, 6) is -2.18. The van der Waals surface area contributed by atoms with Gasteiger partial charge in [-0.3, -0.25) is 4.79 Å². The lowest BCUT2D eigenvalue weighted by molar-refractivity contribution is -0.120. The first-order chi connectivity index (χ1) is 15.9. The predicted octanol–water partition coefficient (Wildman–Crippen LogP) is 3.90. The zero-order valence-corrected chi connectivity index (χ0v) is 18.8. The van der Waals surface area contributed by atoms with Gasteiger partial charge in [0.1, 0.15) is 0 Å². The molecule has 0 bridgehead atoms. The van der Waals surface area contributed by atoms with Crippen LogP contribution in [0.1, 0.15) is 37.8 Å². The average molecular weight is 463 g/mol. The zero-order valence-electron chi connectivity index (χ0n) is 18.0. The average Bonchev–Trinajstić information content (AvgIpc) is 2.84. The maximum Gasteiger partial charge on any atom is 0.337 e. The molecular formula is C25H22N2O5S. The Kier molecular flexibility index (Phi) is 7.88. The molecule has 0 aliphatic rings. The van der Waals surface area contributed by atoms with Crippen molar-refractivity contribution in [2.75, 3.05) is 19.5 Å². The standard InChI is InChI=1S/C25H22N2O5S/c1-31-23(29)18-13-19(24(30)32-2)15-20(14-18)26-25(33)27-22(28)21(16-9-5-3-6-10-16)17-11-7-4-8-12-17/h3-15,21H,1-2H3,(H2,26,27,28,33). The Morgan fingerprint density at radius 2 is 1.21 bits per heavy atom. The Morgan fingerprint density at radius 3 is 1.64 bits per heavy atom. The van der Waals surface area contributed by atoms with E-state index in [0.29, 0.717) is 5.69 Å². The van der Waals surface area contributed by atoms with E-state index in [1.165, 1.54) is 32.4 Å². The fourth-order valence-electron chi connectivity index (χ4n) is 3.30. The van der Waals surface area contributed by atoms with Gasteiger partial charge in [-0.1, -0.05) is 60.7 Å². The van der Waals surface area contributed by atoms with Gasteiger partial charge in [-0.25, -0.2) is 9.59 Å². The van der Waals surface area contributed by atoms with Crippen molar-refractivity contribution < 1.29 is 23.9 Å². The van der Waals surface area contributed by atoms with E-state index in [1.54, 1.807) is 0 Å². The van der Waals surface area contributed by atoms with Crippen molar-refractivity contribution in [1.82, 2.24) is 5.32 Å². The van der Waals surface area contributed by atoms with Crippen molar-refractivity contribution >= 4 is 40.9 Å². The van der Waals surface area contributed by atoms with Crippen LogP contribution in [-0.2, 0) is 14.3 Å². The second-order valence-corrected chi connectivity index (χ2v) is 7.39. The Balaban J connectivity index is 1.83. The van der Waals surface area contributed by atoms with Crippen LogP contribution in [0.2, 0.25) is 0 Å². The number of esters is 2. The van der Waals surface area contributed by atoms with E-state index in [2.05, 4.69) is 10.6 Å². The largest absolute Gasteiger partial charge is 0.465 e. The van der Waals surface area contributed by atoms with Crippen LogP contribution in [0.15, 0.2) is 78.9 Å². The lowest BCUT2D eigenvalue weighted by Gasteiger charge is -2.19. The molecule has 0 saturated carbocycles. The van der Waals surface area contributed by atoms with Crippen molar-refractivity contribution in [3.8, 4) is 0 Å². The number of ether oxygens (including phenoxy) is 2. The number of anilines is 1. The van der Waals surface area contributed by atoms with E-state index in [9.17, 15) is 14.4 Å². The summed E-state index contributed by atoms with van der Waals surface area (Å²) >= 11 is 5.33. The summed E-state index contributed by atoms with van der Waals surface area (Å²) in [5, 5.41) is 5.56. The smallest absolute Gasteiger partial charge is 0.337 e. The number of rotatable bonds is 6. The van der Waals surface area contributed by atoms with Crippen molar-refractivity contribution in [3.63, 3.8) is 0 Å². The first-order valence-electron chi connectivity index (χ1n) is 9.96. The Bertz CT molecular complexity index is 1090. The molecular weight excluding hydrogens is 440 g/mol. The summed E-state index contributed by atoms with van der Waals surface area (Å²) in [6, 6.07) is 23.0. The molecule has 8 heteroatoms. The number of amides is 1. The minimum atomic E-state index is -0.632. The molecule has 0 spiro atoms. The third kappa shape index (κ3) is 6.02. The van der Waals surface area contributed by atoms with Gasteiger partial charge in [0.25, 0.3) is 0 Å². The normalized spacial score (nSPS) is 10.3. The van der Waals surface area contributed by atoms with Crippen LogP contribution >= 0.6 is 12.2 Å². The molecule has 33 heavy (non-hydrogen) atoms. The van der Waals surface area contributed by atoms with E-state index in [0.717, 1.165) is 11.1 Å². The molecule has 0 fully saturated rings. The van der Waals surface area contributed by atoms with E-state index in [4.69, 9.17) is 21.7 Å². The quantitative estimate of drug-likeness (QED) is 0.424. The van der Waals surface area contributed by atoms with E-state index >= 15 is 0 Å². The summed E-state index contributed by atoms with van der Waals surface area (Å²) < 4.78 is 9.47. The zero-order chi connectivity index (χ0) is 23.8. The molecule has 3 aromatic carbocycles. The van der Waals surface area contributed by atoms with Crippen molar-refractivity contribution in [2.45, 2.75) is 5.92 Å². The molecule has 3 rings (SSSR count). The lowest BCUT2D eigenvalue weighted by atomic mass is 9.90. The third-order valence-corrected chi connectivity index (χ3v) is 5.00. The summed E-state index contributed by atoms with van der Waals surface area (Å²) in [4.78, 5) is 37.2. The minimum Gasteiger partial charge on any atom is -0.465 e. The Morgan fingerprint density at radius 1 is 0.758 bits per heavy atom. The van der Waals surface area contributed by atoms with Crippen molar-refractivity contribution in [2.24, 2.45) is 0 Å². The summed E-state index contributed by atoms with van der Waals surface area (Å²) in [5.41, 5.74) is 2.20.